The van der Waals surface area contributed by atoms with E-state index >= 15 is 0 Å². The maximum Gasteiger partial charge on any atom is 0.127 e. The van der Waals surface area contributed by atoms with Crippen molar-refractivity contribution in [2.75, 3.05) is 13.2 Å². The predicted molar refractivity (Wildman–Crippen MR) is 116 cm³/mol. The van der Waals surface area contributed by atoms with Gasteiger partial charge >= 0.3 is 0 Å². The summed E-state index contributed by atoms with van der Waals surface area (Å²) in [6, 6.07) is 19.1. The van der Waals surface area contributed by atoms with Crippen molar-refractivity contribution in [3.63, 3.8) is 0 Å². The second-order valence-electron chi connectivity index (χ2n) is 7.16. The van der Waals surface area contributed by atoms with Crippen LogP contribution in [0.5, 0.6) is 5.75 Å². The van der Waals surface area contributed by atoms with Crippen molar-refractivity contribution in [2.24, 2.45) is 0 Å². The fourth-order valence-corrected chi connectivity index (χ4v) is 3.30. The van der Waals surface area contributed by atoms with Crippen LogP contribution in [-0.4, -0.2) is 13.2 Å². The molecule has 1 N–H and O–H groups in total. The lowest BCUT2D eigenvalue weighted by molar-refractivity contribution is 0.306. The summed E-state index contributed by atoms with van der Waals surface area (Å²) in [6.07, 6.45) is 9.22. The molecule has 3 aromatic rings. The third kappa shape index (κ3) is 6.28. The Balaban J connectivity index is 1.51. The zero-order chi connectivity index (χ0) is 19.4. The summed E-state index contributed by atoms with van der Waals surface area (Å²) >= 11 is 0. The highest BCUT2D eigenvalue weighted by Gasteiger charge is 2.09. The van der Waals surface area contributed by atoms with Crippen molar-refractivity contribution in [3.8, 4) is 16.9 Å². The Kier molecular flexibility index (Phi) is 8.20. The molecule has 2 aromatic carbocycles. The van der Waals surface area contributed by atoms with Crippen LogP contribution in [0, 0.1) is 0 Å². The van der Waals surface area contributed by atoms with Crippen molar-refractivity contribution in [1.82, 2.24) is 5.32 Å². The van der Waals surface area contributed by atoms with Crippen LogP contribution in [-0.2, 0) is 13.0 Å². The summed E-state index contributed by atoms with van der Waals surface area (Å²) in [7, 11) is 0. The molecule has 0 bridgehead atoms. The molecule has 0 aliphatic rings. The Morgan fingerprint density at radius 3 is 2.61 bits per heavy atom. The monoisotopic (exact) mass is 377 g/mol. The van der Waals surface area contributed by atoms with Crippen molar-refractivity contribution in [1.29, 1.82) is 0 Å². The highest BCUT2D eigenvalue weighted by atomic mass is 16.5. The Morgan fingerprint density at radius 1 is 0.929 bits per heavy atom. The minimum atomic E-state index is 0.743. The molecule has 0 atom stereocenters. The highest BCUT2D eigenvalue weighted by Crippen LogP contribution is 2.31. The van der Waals surface area contributed by atoms with Crippen LogP contribution in [0.3, 0.4) is 0 Å². The lowest BCUT2D eigenvalue weighted by Gasteiger charge is -2.13. The Labute approximate surface area is 168 Å². The molecule has 3 heteroatoms. The number of hydrogen-bond acceptors (Lipinski definition) is 3. The Morgan fingerprint density at radius 2 is 1.82 bits per heavy atom. The van der Waals surface area contributed by atoms with Gasteiger partial charge in [-0.1, -0.05) is 43.3 Å². The van der Waals surface area contributed by atoms with Crippen LogP contribution < -0.4 is 10.1 Å². The average molecular weight is 378 g/mol. The van der Waals surface area contributed by atoms with Crippen molar-refractivity contribution < 1.29 is 9.15 Å². The molecule has 0 saturated carbocycles. The summed E-state index contributed by atoms with van der Waals surface area (Å²) in [5.74, 6) is 0.934. The molecule has 28 heavy (non-hydrogen) atoms. The van der Waals surface area contributed by atoms with E-state index in [9.17, 15) is 0 Å². The number of rotatable bonds is 12. The Hall–Kier alpha value is -2.52. The second-order valence-corrected chi connectivity index (χ2v) is 7.16. The van der Waals surface area contributed by atoms with Crippen LogP contribution in [0.4, 0.5) is 0 Å². The quantitative estimate of drug-likeness (QED) is 0.379. The van der Waals surface area contributed by atoms with E-state index in [1.807, 2.05) is 6.07 Å². The normalized spacial score (nSPS) is 10.9. The third-order valence-electron chi connectivity index (χ3n) is 4.84. The molecule has 1 aromatic heterocycles. The number of aryl methyl sites for hydroxylation is 1. The first-order valence-corrected chi connectivity index (χ1v) is 10.4. The van der Waals surface area contributed by atoms with E-state index in [0.29, 0.717) is 0 Å². The number of benzene rings is 2. The van der Waals surface area contributed by atoms with Gasteiger partial charge in [0, 0.05) is 17.7 Å². The zero-order valence-electron chi connectivity index (χ0n) is 16.8. The van der Waals surface area contributed by atoms with Crippen molar-refractivity contribution in [2.45, 2.75) is 45.6 Å². The lowest BCUT2D eigenvalue weighted by atomic mass is 10.0. The summed E-state index contributed by atoms with van der Waals surface area (Å²) in [4.78, 5) is 0. The van der Waals surface area contributed by atoms with Gasteiger partial charge in [-0.3, -0.25) is 0 Å². The second kappa shape index (κ2) is 11.4. The van der Waals surface area contributed by atoms with Gasteiger partial charge < -0.3 is 14.5 Å². The molecule has 0 spiro atoms. The van der Waals surface area contributed by atoms with Gasteiger partial charge in [-0.2, -0.15) is 0 Å². The van der Waals surface area contributed by atoms with Crippen molar-refractivity contribution in [3.05, 3.63) is 78.3 Å². The fourth-order valence-electron chi connectivity index (χ4n) is 3.30. The highest BCUT2D eigenvalue weighted by molar-refractivity contribution is 5.70. The smallest absolute Gasteiger partial charge is 0.127 e. The van der Waals surface area contributed by atoms with Crippen LogP contribution in [0.15, 0.2) is 71.5 Å². The predicted octanol–water partition coefficient (Wildman–Crippen LogP) is 6.24. The topological polar surface area (TPSA) is 34.4 Å². The minimum Gasteiger partial charge on any atom is -0.493 e. The van der Waals surface area contributed by atoms with E-state index in [2.05, 4.69) is 60.8 Å². The molecule has 0 unspecified atom stereocenters. The number of unbranched alkanes of at least 4 members (excludes halogenated alkanes) is 2. The van der Waals surface area contributed by atoms with Gasteiger partial charge in [-0.25, -0.2) is 0 Å². The number of furan rings is 1. The van der Waals surface area contributed by atoms with Crippen molar-refractivity contribution >= 4 is 0 Å². The molecule has 0 radical (unpaired) electrons. The van der Waals surface area contributed by atoms with Gasteiger partial charge in [-0.05, 0) is 68.0 Å². The SMILES string of the molecule is CCCNCc1ccc(OCCCCCc2ccccc2)c(-c2ccoc2)c1. The van der Waals surface area contributed by atoms with E-state index < -0.39 is 0 Å². The van der Waals surface area contributed by atoms with Gasteiger partial charge in [0.25, 0.3) is 0 Å². The van der Waals surface area contributed by atoms with Gasteiger partial charge in [0.1, 0.15) is 5.75 Å². The van der Waals surface area contributed by atoms with E-state index in [0.717, 1.165) is 55.8 Å². The first kappa shape index (κ1) is 20.2. The number of hydrogen-bond donors (Lipinski definition) is 1. The largest absolute Gasteiger partial charge is 0.493 e. The molecule has 0 aliphatic heterocycles. The molecule has 148 valence electrons. The van der Waals surface area contributed by atoms with Gasteiger partial charge in [0.05, 0.1) is 19.1 Å². The summed E-state index contributed by atoms with van der Waals surface area (Å²) in [6.45, 7) is 4.83. The minimum absolute atomic E-state index is 0.743. The first-order chi connectivity index (χ1) is 13.9. The van der Waals surface area contributed by atoms with Gasteiger partial charge in [0.2, 0.25) is 0 Å². The standard InChI is InChI=1S/C25H31NO2/c1-2-15-26-19-22-12-13-25(24(18-22)23-14-17-27-20-23)28-16-8-4-7-11-21-9-5-3-6-10-21/h3,5-6,9-10,12-14,17-18,20,26H,2,4,7-8,11,15-16,19H2,1H3. The molecule has 3 nitrogen and oxygen atoms in total. The molecule has 0 amide bonds. The maximum absolute atomic E-state index is 6.13. The Bertz CT molecular complexity index is 797. The van der Waals surface area contributed by atoms with E-state index in [1.54, 1.807) is 12.5 Å². The first-order valence-electron chi connectivity index (χ1n) is 10.4. The molecule has 1 heterocycles. The lowest BCUT2D eigenvalue weighted by Crippen LogP contribution is -2.13. The van der Waals surface area contributed by atoms with Crippen LogP contribution in [0.1, 0.15) is 43.7 Å². The van der Waals surface area contributed by atoms with Gasteiger partial charge in [0.15, 0.2) is 0 Å². The van der Waals surface area contributed by atoms with Crippen LogP contribution >= 0.6 is 0 Å². The summed E-state index contributed by atoms with van der Waals surface area (Å²) in [5.41, 5.74) is 4.85. The molecule has 3 rings (SSSR count). The van der Waals surface area contributed by atoms with E-state index in [1.165, 1.54) is 24.0 Å². The molecular weight excluding hydrogens is 346 g/mol. The van der Waals surface area contributed by atoms with E-state index in [4.69, 9.17) is 9.15 Å². The third-order valence-corrected chi connectivity index (χ3v) is 4.84. The molecule has 0 fully saturated rings. The fraction of sp³-hybridized carbons (Fsp3) is 0.360. The van der Waals surface area contributed by atoms with Gasteiger partial charge in [-0.15, -0.1) is 0 Å². The number of ether oxygens (including phenoxy) is 1. The molecule has 0 aliphatic carbocycles. The summed E-state index contributed by atoms with van der Waals surface area (Å²) in [5, 5.41) is 3.46. The zero-order valence-corrected chi connectivity index (χ0v) is 16.8. The summed E-state index contributed by atoms with van der Waals surface area (Å²) < 4.78 is 11.4. The van der Waals surface area contributed by atoms with E-state index in [-0.39, 0.29) is 0 Å². The molecule has 0 saturated heterocycles. The van der Waals surface area contributed by atoms with Crippen LogP contribution in [0.25, 0.3) is 11.1 Å². The molecular formula is C25H31NO2. The van der Waals surface area contributed by atoms with Crippen LogP contribution in [0.2, 0.25) is 0 Å². The maximum atomic E-state index is 6.13. The number of nitrogens with one attached hydrogen (secondary N) is 1. The average Bonchev–Trinajstić information content (AvgIpc) is 3.27.